The Kier molecular flexibility index (Phi) is 5.35. The number of nitriles is 1. The van der Waals surface area contributed by atoms with E-state index in [1.54, 1.807) is 0 Å². The first kappa shape index (κ1) is 16.5. The van der Waals surface area contributed by atoms with Crippen molar-refractivity contribution in [2.45, 2.75) is 63.6 Å². The summed E-state index contributed by atoms with van der Waals surface area (Å²) >= 11 is 0. The molecule has 0 aromatic heterocycles. The molecule has 0 amide bonds. The Labute approximate surface area is 139 Å². The lowest BCUT2D eigenvalue weighted by atomic mass is 9.80. The minimum absolute atomic E-state index is 0.314. The van der Waals surface area contributed by atoms with E-state index in [4.69, 9.17) is 14.7 Å². The van der Waals surface area contributed by atoms with Crippen molar-refractivity contribution < 1.29 is 9.47 Å². The van der Waals surface area contributed by atoms with Crippen LogP contribution in [-0.4, -0.2) is 19.0 Å². The van der Waals surface area contributed by atoms with Crippen molar-refractivity contribution in [1.82, 2.24) is 0 Å². The van der Waals surface area contributed by atoms with Gasteiger partial charge < -0.3 is 9.47 Å². The first-order chi connectivity index (χ1) is 11.2. The van der Waals surface area contributed by atoms with Gasteiger partial charge in [0.2, 0.25) is 0 Å². The highest BCUT2D eigenvalue weighted by atomic mass is 16.7. The van der Waals surface area contributed by atoms with Gasteiger partial charge in [-0.05, 0) is 42.9 Å². The summed E-state index contributed by atoms with van der Waals surface area (Å²) in [4.78, 5) is 0. The van der Waals surface area contributed by atoms with Crippen LogP contribution in [0.4, 0.5) is 0 Å². The van der Waals surface area contributed by atoms with Crippen molar-refractivity contribution in [3.63, 3.8) is 0 Å². The van der Waals surface area contributed by atoms with Gasteiger partial charge in [-0.15, -0.1) is 0 Å². The maximum atomic E-state index is 8.90. The molecule has 1 aliphatic heterocycles. The molecule has 3 rings (SSSR count). The number of hydrogen-bond acceptors (Lipinski definition) is 3. The van der Waals surface area contributed by atoms with Crippen LogP contribution in [-0.2, 0) is 9.47 Å². The van der Waals surface area contributed by atoms with Gasteiger partial charge in [-0.2, -0.15) is 5.26 Å². The highest BCUT2D eigenvalue weighted by molar-refractivity contribution is 5.33. The van der Waals surface area contributed by atoms with E-state index in [2.05, 4.69) is 25.1 Å². The van der Waals surface area contributed by atoms with E-state index in [-0.39, 0.29) is 5.79 Å². The molecule has 3 nitrogen and oxygen atoms in total. The largest absolute Gasteiger partial charge is 0.350 e. The first-order valence-electron chi connectivity index (χ1n) is 9.02. The summed E-state index contributed by atoms with van der Waals surface area (Å²) in [7, 11) is 0. The Hall–Kier alpha value is -1.37. The van der Waals surface area contributed by atoms with E-state index in [1.807, 2.05) is 12.1 Å². The van der Waals surface area contributed by atoms with Crippen LogP contribution in [0.25, 0.3) is 0 Å². The van der Waals surface area contributed by atoms with Crippen LogP contribution in [0.1, 0.15) is 68.9 Å². The van der Waals surface area contributed by atoms with Crippen molar-refractivity contribution in [2.75, 3.05) is 13.2 Å². The van der Waals surface area contributed by atoms with Crippen molar-refractivity contribution in [1.29, 1.82) is 5.26 Å². The average Bonchev–Trinajstić information content (AvgIpc) is 2.62. The number of benzene rings is 1. The topological polar surface area (TPSA) is 42.2 Å². The minimum Gasteiger partial charge on any atom is -0.350 e. The molecule has 2 fully saturated rings. The van der Waals surface area contributed by atoms with Gasteiger partial charge in [0.15, 0.2) is 5.79 Å². The molecule has 2 aliphatic rings. The number of nitrogens with zero attached hydrogens (tertiary/aromatic N) is 1. The maximum Gasteiger partial charge on any atom is 0.168 e. The van der Waals surface area contributed by atoms with Crippen LogP contribution < -0.4 is 0 Å². The third-order valence-corrected chi connectivity index (χ3v) is 5.39. The van der Waals surface area contributed by atoms with E-state index in [0.717, 1.165) is 44.5 Å². The van der Waals surface area contributed by atoms with Gasteiger partial charge in [0.1, 0.15) is 0 Å². The molecule has 1 spiro atoms. The fourth-order valence-electron chi connectivity index (χ4n) is 3.80. The number of rotatable bonds is 4. The smallest absolute Gasteiger partial charge is 0.168 e. The van der Waals surface area contributed by atoms with Crippen molar-refractivity contribution >= 4 is 0 Å². The zero-order valence-corrected chi connectivity index (χ0v) is 14.1. The highest BCUT2D eigenvalue weighted by Gasteiger charge is 2.41. The zero-order chi connectivity index (χ0) is 16.1. The van der Waals surface area contributed by atoms with Gasteiger partial charge >= 0.3 is 0 Å². The number of unbranched alkanes of at least 4 members (excludes halogenated alkanes) is 1. The van der Waals surface area contributed by atoms with Gasteiger partial charge in [0.25, 0.3) is 0 Å². The number of ether oxygens (including phenoxy) is 2. The molecule has 0 bridgehead atoms. The van der Waals surface area contributed by atoms with Crippen LogP contribution in [0.15, 0.2) is 24.3 Å². The summed E-state index contributed by atoms with van der Waals surface area (Å²) in [5.74, 6) is 0.835. The maximum absolute atomic E-state index is 8.90. The second kappa shape index (κ2) is 7.47. The lowest BCUT2D eigenvalue weighted by Crippen LogP contribution is -2.46. The molecule has 1 aromatic rings. The predicted molar refractivity (Wildman–Crippen MR) is 90.0 cm³/mol. The van der Waals surface area contributed by atoms with Crippen LogP contribution in [0, 0.1) is 17.2 Å². The Bertz CT molecular complexity index is 528. The van der Waals surface area contributed by atoms with Crippen LogP contribution in [0.5, 0.6) is 0 Å². The molecule has 23 heavy (non-hydrogen) atoms. The molecule has 0 atom stereocenters. The third-order valence-electron chi connectivity index (χ3n) is 5.39. The fourth-order valence-corrected chi connectivity index (χ4v) is 3.80. The lowest BCUT2D eigenvalue weighted by Gasteiger charge is -2.44. The summed E-state index contributed by atoms with van der Waals surface area (Å²) in [5, 5.41) is 8.90. The molecule has 0 N–H and O–H groups in total. The first-order valence-corrected chi connectivity index (χ1v) is 9.02. The Morgan fingerprint density at radius 3 is 2.35 bits per heavy atom. The molecule has 1 saturated carbocycles. The van der Waals surface area contributed by atoms with Gasteiger partial charge in [-0.3, -0.25) is 0 Å². The second-order valence-corrected chi connectivity index (χ2v) is 7.05. The molecule has 0 unspecified atom stereocenters. The summed E-state index contributed by atoms with van der Waals surface area (Å²) in [5.41, 5.74) is 2.08. The molecule has 0 radical (unpaired) electrons. The lowest BCUT2D eigenvalue weighted by molar-refractivity contribution is -0.296. The molecule has 1 aliphatic carbocycles. The van der Waals surface area contributed by atoms with Gasteiger partial charge in [0, 0.05) is 18.8 Å². The molecule has 1 heterocycles. The minimum atomic E-state index is -0.314. The Morgan fingerprint density at radius 2 is 1.78 bits per heavy atom. The SMILES string of the molecule is CCCCC1COC2(CCC(c3ccc(C#N)cc3)CC2)OC1. The summed E-state index contributed by atoms with van der Waals surface area (Å²) in [6.45, 7) is 3.96. The summed E-state index contributed by atoms with van der Waals surface area (Å²) in [6, 6.07) is 10.2. The van der Waals surface area contributed by atoms with Gasteiger partial charge in [0.05, 0.1) is 24.8 Å². The molecule has 124 valence electrons. The quantitative estimate of drug-likeness (QED) is 0.804. The molecular weight excluding hydrogens is 286 g/mol. The van der Waals surface area contributed by atoms with Crippen LogP contribution >= 0.6 is 0 Å². The van der Waals surface area contributed by atoms with E-state index in [1.165, 1.54) is 24.8 Å². The van der Waals surface area contributed by atoms with E-state index in [0.29, 0.717) is 11.8 Å². The normalized spacial score (nSPS) is 31.0. The van der Waals surface area contributed by atoms with E-state index < -0.39 is 0 Å². The van der Waals surface area contributed by atoms with Crippen molar-refractivity contribution in [3.05, 3.63) is 35.4 Å². The number of hydrogen-bond donors (Lipinski definition) is 0. The van der Waals surface area contributed by atoms with E-state index >= 15 is 0 Å². The fraction of sp³-hybridized carbons (Fsp3) is 0.650. The Morgan fingerprint density at radius 1 is 1.13 bits per heavy atom. The second-order valence-electron chi connectivity index (χ2n) is 7.05. The summed E-state index contributed by atoms with van der Waals surface area (Å²) in [6.07, 6.45) is 7.91. The Balaban J connectivity index is 1.51. The molecule has 1 aromatic carbocycles. The summed E-state index contributed by atoms with van der Waals surface area (Å²) < 4.78 is 12.3. The zero-order valence-electron chi connectivity index (χ0n) is 14.1. The predicted octanol–water partition coefficient (Wildman–Crippen LogP) is 4.77. The standard InChI is InChI=1S/C20H27NO2/c1-2-3-4-17-14-22-20(23-15-17)11-9-19(10-12-20)18-7-5-16(13-21)6-8-18/h5-8,17,19H,2-4,9-12,14-15H2,1H3. The monoisotopic (exact) mass is 313 g/mol. The van der Waals surface area contributed by atoms with Gasteiger partial charge in [-0.25, -0.2) is 0 Å². The average molecular weight is 313 g/mol. The molecule has 3 heteroatoms. The van der Waals surface area contributed by atoms with Crippen molar-refractivity contribution in [3.8, 4) is 6.07 Å². The van der Waals surface area contributed by atoms with Crippen LogP contribution in [0.3, 0.4) is 0 Å². The molecular formula is C20H27NO2. The van der Waals surface area contributed by atoms with Crippen LogP contribution in [0.2, 0.25) is 0 Å². The van der Waals surface area contributed by atoms with Gasteiger partial charge in [-0.1, -0.05) is 31.9 Å². The third kappa shape index (κ3) is 3.94. The van der Waals surface area contributed by atoms with Crippen molar-refractivity contribution in [2.24, 2.45) is 5.92 Å². The van der Waals surface area contributed by atoms with E-state index in [9.17, 15) is 0 Å². The highest BCUT2D eigenvalue weighted by Crippen LogP contribution is 2.42. The molecule has 1 saturated heterocycles.